The number of fused-ring (bicyclic) bond motifs is 1. The summed E-state index contributed by atoms with van der Waals surface area (Å²) in [5.41, 5.74) is 1.67. The van der Waals surface area contributed by atoms with Gasteiger partial charge in [-0.3, -0.25) is 14.5 Å². The number of imide groups is 1. The lowest BCUT2D eigenvalue weighted by Gasteiger charge is -2.27. The number of nitrogens with zero attached hydrogens (tertiary/aromatic N) is 2. The Morgan fingerprint density at radius 1 is 1.06 bits per heavy atom. The van der Waals surface area contributed by atoms with Crippen LogP contribution in [0.3, 0.4) is 0 Å². The van der Waals surface area contributed by atoms with Gasteiger partial charge in [-0.05, 0) is 55.0 Å². The third kappa shape index (κ3) is 4.40. The van der Waals surface area contributed by atoms with Crippen LogP contribution in [-0.4, -0.2) is 53.9 Å². The van der Waals surface area contributed by atoms with Gasteiger partial charge in [-0.25, -0.2) is 4.79 Å². The van der Waals surface area contributed by atoms with Crippen LogP contribution in [0.15, 0.2) is 42.5 Å². The highest BCUT2D eigenvalue weighted by atomic mass is 16.5. The molecule has 36 heavy (non-hydrogen) atoms. The molecule has 2 aromatic carbocycles. The van der Waals surface area contributed by atoms with Crippen molar-refractivity contribution in [1.82, 2.24) is 15.1 Å². The molecule has 4 amide bonds. The zero-order valence-electron chi connectivity index (χ0n) is 20.9. The zero-order chi connectivity index (χ0) is 25.3. The van der Waals surface area contributed by atoms with E-state index in [0.29, 0.717) is 36.8 Å². The van der Waals surface area contributed by atoms with Gasteiger partial charge in [-0.2, -0.15) is 0 Å². The average molecular weight is 492 g/mol. The van der Waals surface area contributed by atoms with Crippen molar-refractivity contribution in [2.75, 3.05) is 26.3 Å². The minimum atomic E-state index is -1.19. The Morgan fingerprint density at radius 3 is 2.56 bits per heavy atom. The molecule has 1 N–H and O–H groups in total. The monoisotopic (exact) mass is 491 g/mol. The second-order valence-electron chi connectivity index (χ2n) is 9.90. The molecule has 0 spiro atoms. The van der Waals surface area contributed by atoms with Crippen molar-refractivity contribution in [3.63, 3.8) is 0 Å². The van der Waals surface area contributed by atoms with Crippen molar-refractivity contribution in [1.29, 1.82) is 0 Å². The van der Waals surface area contributed by atoms with Crippen LogP contribution in [0.1, 0.15) is 62.3 Å². The molecule has 0 bridgehead atoms. The van der Waals surface area contributed by atoms with Gasteiger partial charge >= 0.3 is 6.03 Å². The molecule has 0 aromatic heterocycles. The van der Waals surface area contributed by atoms with Gasteiger partial charge in [0, 0.05) is 13.0 Å². The Hall–Kier alpha value is -3.55. The molecule has 2 unspecified atom stereocenters. The summed E-state index contributed by atoms with van der Waals surface area (Å²) in [6.07, 6.45) is 4.48. The van der Waals surface area contributed by atoms with Gasteiger partial charge in [0.2, 0.25) is 5.91 Å². The molecule has 0 aliphatic carbocycles. The molecule has 8 nitrogen and oxygen atoms in total. The molecule has 3 aliphatic heterocycles. The predicted octanol–water partition coefficient (Wildman–Crippen LogP) is 3.93. The van der Waals surface area contributed by atoms with Crippen molar-refractivity contribution >= 4 is 17.8 Å². The van der Waals surface area contributed by atoms with Crippen LogP contribution in [-0.2, 0) is 21.5 Å². The summed E-state index contributed by atoms with van der Waals surface area (Å²) in [6.45, 7) is 5.32. The first kappa shape index (κ1) is 24.2. The largest absolute Gasteiger partial charge is 0.490 e. The number of ether oxygens (including phenoxy) is 2. The number of aryl methyl sites for hydroxylation is 1. The highest BCUT2D eigenvalue weighted by molar-refractivity contribution is 6.09. The minimum absolute atomic E-state index is 0.132. The number of urea groups is 1. The number of carbonyl (C=O) groups excluding carboxylic acids is 3. The predicted molar refractivity (Wildman–Crippen MR) is 134 cm³/mol. The quantitative estimate of drug-likeness (QED) is 0.619. The third-order valence-electron chi connectivity index (χ3n) is 7.37. The van der Waals surface area contributed by atoms with Crippen molar-refractivity contribution in [2.45, 2.75) is 57.5 Å². The Morgan fingerprint density at radius 2 is 1.81 bits per heavy atom. The molecule has 5 rings (SSSR count). The Kier molecular flexibility index (Phi) is 6.60. The lowest BCUT2D eigenvalue weighted by molar-refractivity contribution is -0.139. The summed E-state index contributed by atoms with van der Waals surface area (Å²) in [4.78, 5) is 42.4. The standard InChI is InChI=1S/C28H33N3O5/c1-3-6-19-8-11-21(12-9-19)28(2)26(33)31(27(34)29-28)18-25(32)30-14-4-7-22(30)20-10-13-23-24(17-20)36-16-5-15-35-23/h8-13,17,22H,3-7,14-16,18H2,1-2H3,(H,29,34). The zero-order valence-corrected chi connectivity index (χ0v) is 20.9. The normalized spacial score (nSPS) is 23.6. The van der Waals surface area contributed by atoms with Gasteiger partial charge < -0.3 is 19.7 Å². The fourth-order valence-electron chi connectivity index (χ4n) is 5.35. The van der Waals surface area contributed by atoms with E-state index in [-0.39, 0.29) is 18.5 Å². The second-order valence-corrected chi connectivity index (χ2v) is 9.90. The Labute approximate surface area is 211 Å². The molecular formula is C28H33N3O5. The number of nitrogens with one attached hydrogen (secondary N) is 1. The molecule has 2 atom stereocenters. The molecule has 0 saturated carbocycles. The van der Waals surface area contributed by atoms with E-state index in [4.69, 9.17) is 9.47 Å². The van der Waals surface area contributed by atoms with Crippen LogP contribution in [0.4, 0.5) is 4.79 Å². The lowest BCUT2D eigenvalue weighted by Crippen LogP contribution is -2.44. The van der Waals surface area contributed by atoms with Gasteiger partial charge in [0.25, 0.3) is 5.91 Å². The van der Waals surface area contributed by atoms with Crippen LogP contribution >= 0.6 is 0 Å². The Balaban J connectivity index is 1.30. The summed E-state index contributed by atoms with van der Waals surface area (Å²) in [5, 5.41) is 2.81. The molecule has 2 saturated heterocycles. The lowest BCUT2D eigenvalue weighted by atomic mass is 9.91. The van der Waals surface area contributed by atoms with Gasteiger partial charge in [-0.15, -0.1) is 0 Å². The number of benzene rings is 2. The molecule has 3 heterocycles. The minimum Gasteiger partial charge on any atom is -0.490 e. The summed E-state index contributed by atoms with van der Waals surface area (Å²) in [5.74, 6) is 0.763. The maximum absolute atomic E-state index is 13.4. The molecule has 2 aromatic rings. The van der Waals surface area contributed by atoms with Crippen molar-refractivity contribution in [3.05, 3.63) is 59.2 Å². The van der Waals surface area contributed by atoms with E-state index in [1.165, 1.54) is 5.56 Å². The van der Waals surface area contributed by atoms with Crippen molar-refractivity contribution in [3.8, 4) is 11.5 Å². The van der Waals surface area contributed by atoms with E-state index in [2.05, 4.69) is 12.2 Å². The smallest absolute Gasteiger partial charge is 0.325 e. The molecule has 8 heteroatoms. The van der Waals surface area contributed by atoms with Gasteiger partial charge in [0.15, 0.2) is 11.5 Å². The number of hydrogen-bond acceptors (Lipinski definition) is 5. The first-order chi connectivity index (χ1) is 17.4. The van der Waals surface area contributed by atoms with E-state index < -0.39 is 17.5 Å². The van der Waals surface area contributed by atoms with Gasteiger partial charge in [0.05, 0.1) is 19.3 Å². The summed E-state index contributed by atoms with van der Waals surface area (Å²) in [6, 6.07) is 12.9. The number of amides is 4. The molecule has 190 valence electrons. The Bertz CT molecular complexity index is 1160. The SMILES string of the molecule is CCCc1ccc(C2(C)NC(=O)N(CC(=O)N3CCCC3c3ccc4c(c3)OCCCO4)C2=O)cc1. The first-order valence-corrected chi connectivity index (χ1v) is 12.8. The second kappa shape index (κ2) is 9.84. The molecular weight excluding hydrogens is 458 g/mol. The van der Waals surface area contributed by atoms with Crippen LogP contribution in [0.2, 0.25) is 0 Å². The number of carbonyl (C=O) groups is 3. The highest BCUT2D eigenvalue weighted by Crippen LogP contribution is 2.38. The fraction of sp³-hybridized carbons (Fsp3) is 0.464. The highest BCUT2D eigenvalue weighted by Gasteiger charge is 2.50. The van der Waals surface area contributed by atoms with Crippen molar-refractivity contribution in [2.24, 2.45) is 0 Å². The van der Waals surface area contributed by atoms with E-state index in [1.54, 1.807) is 11.8 Å². The van der Waals surface area contributed by atoms with E-state index in [0.717, 1.165) is 42.6 Å². The van der Waals surface area contributed by atoms with E-state index >= 15 is 0 Å². The van der Waals surface area contributed by atoms with Gasteiger partial charge in [0.1, 0.15) is 12.1 Å². The number of likely N-dealkylation sites (tertiary alicyclic amines) is 1. The van der Waals surface area contributed by atoms with Crippen LogP contribution in [0.5, 0.6) is 11.5 Å². The van der Waals surface area contributed by atoms with E-state index in [1.807, 2.05) is 42.5 Å². The third-order valence-corrected chi connectivity index (χ3v) is 7.37. The first-order valence-electron chi connectivity index (χ1n) is 12.8. The van der Waals surface area contributed by atoms with E-state index in [9.17, 15) is 14.4 Å². The summed E-state index contributed by atoms with van der Waals surface area (Å²) >= 11 is 0. The fourth-order valence-corrected chi connectivity index (χ4v) is 5.35. The summed E-state index contributed by atoms with van der Waals surface area (Å²) in [7, 11) is 0. The maximum atomic E-state index is 13.4. The van der Waals surface area contributed by atoms with Crippen LogP contribution < -0.4 is 14.8 Å². The number of hydrogen-bond donors (Lipinski definition) is 1. The molecule has 2 fully saturated rings. The van der Waals surface area contributed by atoms with Crippen LogP contribution in [0, 0.1) is 0 Å². The maximum Gasteiger partial charge on any atom is 0.325 e. The van der Waals surface area contributed by atoms with Crippen LogP contribution in [0.25, 0.3) is 0 Å². The van der Waals surface area contributed by atoms with Crippen molar-refractivity contribution < 1.29 is 23.9 Å². The molecule has 0 radical (unpaired) electrons. The number of rotatable bonds is 6. The topological polar surface area (TPSA) is 88.2 Å². The molecule has 3 aliphatic rings. The average Bonchev–Trinajstić information content (AvgIpc) is 3.35. The summed E-state index contributed by atoms with van der Waals surface area (Å²) < 4.78 is 11.6. The van der Waals surface area contributed by atoms with Gasteiger partial charge in [-0.1, -0.05) is 43.7 Å².